The second-order valence-corrected chi connectivity index (χ2v) is 7.31. The Morgan fingerprint density at radius 2 is 2.17 bits per heavy atom. The average Bonchev–Trinajstić information content (AvgIpc) is 2.63. The minimum Gasteiger partial charge on any atom is -0.493 e. The SMILES string of the molecule is CCNC(=NCCN1CCSCC1)NC1CCOc2ccccc21. The molecule has 0 amide bonds. The Bertz CT molecular complexity index is 546. The monoisotopic (exact) mass is 348 g/mol. The number of hydrogen-bond acceptors (Lipinski definition) is 4. The molecule has 1 aromatic carbocycles. The van der Waals surface area contributed by atoms with Crippen molar-refractivity contribution in [2.75, 3.05) is 50.8 Å². The number of nitrogens with zero attached hydrogens (tertiary/aromatic N) is 2. The van der Waals surface area contributed by atoms with Crippen molar-refractivity contribution >= 4 is 17.7 Å². The first kappa shape index (κ1) is 17.4. The molecule has 2 N–H and O–H groups in total. The molecule has 1 atom stereocenters. The molecule has 24 heavy (non-hydrogen) atoms. The zero-order valence-electron chi connectivity index (χ0n) is 14.5. The number of benzene rings is 1. The Hall–Kier alpha value is -1.40. The molecule has 3 rings (SSSR count). The van der Waals surface area contributed by atoms with E-state index in [-0.39, 0.29) is 6.04 Å². The number of fused-ring (bicyclic) bond motifs is 1. The molecule has 1 fully saturated rings. The summed E-state index contributed by atoms with van der Waals surface area (Å²) in [6, 6.07) is 8.54. The molecule has 0 aromatic heterocycles. The fourth-order valence-corrected chi connectivity index (χ4v) is 4.08. The Balaban J connectivity index is 1.58. The van der Waals surface area contributed by atoms with Gasteiger partial charge in [0.15, 0.2) is 5.96 Å². The molecule has 0 radical (unpaired) electrons. The van der Waals surface area contributed by atoms with E-state index in [0.29, 0.717) is 0 Å². The Morgan fingerprint density at radius 1 is 1.33 bits per heavy atom. The van der Waals surface area contributed by atoms with Crippen LogP contribution in [0.2, 0.25) is 0 Å². The molecule has 132 valence electrons. The van der Waals surface area contributed by atoms with Crippen molar-refractivity contribution in [3.63, 3.8) is 0 Å². The average molecular weight is 349 g/mol. The number of nitrogens with one attached hydrogen (secondary N) is 2. The number of aliphatic imine (C=N–C) groups is 1. The lowest BCUT2D eigenvalue weighted by Crippen LogP contribution is -2.42. The highest BCUT2D eigenvalue weighted by atomic mass is 32.2. The van der Waals surface area contributed by atoms with Gasteiger partial charge in [0.05, 0.1) is 19.2 Å². The summed E-state index contributed by atoms with van der Waals surface area (Å²) >= 11 is 2.05. The number of ether oxygens (including phenoxy) is 1. The summed E-state index contributed by atoms with van der Waals surface area (Å²) in [6.45, 7) is 7.99. The number of rotatable bonds is 5. The predicted octanol–water partition coefficient (Wildman–Crippen LogP) is 2.11. The molecule has 5 nitrogen and oxygen atoms in total. The van der Waals surface area contributed by atoms with E-state index >= 15 is 0 Å². The van der Waals surface area contributed by atoms with E-state index in [1.54, 1.807) is 0 Å². The Kier molecular flexibility index (Phi) is 6.66. The standard InChI is InChI=1S/C18H28N4OS/c1-2-19-18(20-8-9-22-10-13-24-14-11-22)21-16-7-12-23-17-6-4-3-5-15(16)17/h3-6,16H,2,7-14H2,1H3,(H2,19,20,21). The Labute approximate surface area is 149 Å². The first-order valence-electron chi connectivity index (χ1n) is 8.93. The number of para-hydroxylation sites is 1. The molecule has 0 spiro atoms. The first-order chi connectivity index (χ1) is 11.9. The normalized spacial score (nSPS) is 21.7. The molecule has 6 heteroatoms. The van der Waals surface area contributed by atoms with Crippen molar-refractivity contribution in [1.82, 2.24) is 15.5 Å². The van der Waals surface area contributed by atoms with E-state index in [9.17, 15) is 0 Å². The summed E-state index contributed by atoms with van der Waals surface area (Å²) in [5.41, 5.74) is 1.22. The minimum atomic E-state index is 0.263. The van der Waals surface area contributed by atoms with E-state index in [1.165, 1.54) is 30.2 Å². The van der Waals surface area contributed by atoms with Crippen molar-refractivity contribution in [2.45, 2.75) is 19.4 Å². The molecule has 1 saturated heterocycles. The van der Waals surface area contributed by atoms with Crippen LogP contribution in [-0.4, -0.2) is 61.7 Å². The summed E-state index contributed by atoms with van der Waals surface area (Å²) in [7, 11) is 0. The number of guanidine groups is 1. The highest BCUT2D eigenvalue weighted by Gasteiger charge is 2.21. The maximum atomic E-state index is 5.75. The lowest BCUT2D eigenvalue weighted by Gasteiger charge is -2.28. The molecule has 1 aromatic rings. The molecule has 2 heterocycles. The van der Waals surface area contributed by atoms with Crippen LogP contribution in [0.25, 0.3) is 0 Å². The maximum Gasteiger partial charge on any atom is 0.191 e. The van der Waals surface area contributed by atoms with Crippen LogP contribution in [0.4, 0.5) is 0 Å². The van der Waals surface area contributed by atoms with Gasteiger partial charge in [-0.1, -0.05) is 18.2 Å². The van der Waals surface area contributed by atoms with E-state index in [4.69, 9.17) is 9.73 Å². The smallest absolute Gasteiger partial charge is 0.191 e. The van der Waals surface area contributed by atoms with Crippen LogP contribution in [-0.2, 0) is 0 Å². The van der Waals surface area contributed by atoms with E-state index in [1.807, 2.05) is 23.9 Å². The van der Waals surface area contributed by atoms with Gasteiger partial charge >= 0.3 is 0 Å². The third kappa shape index (κ3) is 4.80. The summed E-state index contributed by atoms with van der Waals surface area (Å²) in [4.78, 5) is 7.29. The van der Waals surface area contributed by atoms with Crippen LogP contribution >= 0.6 is 11.8 Å². The largest absolute Gasteiger partial charge is 0.493 e. The zero-order valence-corrected chi connectivity index (χ0v) is 15.3. The van der Waals surface area contributed by atoms with Crippen molar-refractivity contribution < 1.29 is 4.74 Å². The van der Waals surface area contributed by atoms with Gasteiger partial charge in [-0.2, -0.15) is 11.8 Å². The van der Waals surface area contributed by atoms with Gasteiger partial charge in [-0.3, -0.25) is 9.89 Å². The van der Waals surface area contributed by atoms with Gasteiger partial charge in [0, 0.05) is 49.7 Å². The molecular weight excluding hydrogens is 320 g/mol. The minimum absolute atomic E-state index is 0.263. The third-order valence-corrected chi connectivity index (χ3v) is 5.35. The van der Waals surface area contributed by atoms with Crippen LogP contribution in [0.1, 0.15) is 24.9 Å². The van der Waals surface area contributed by atoms with Crippen molar-refractivity contribution in [3.8, 4) is 5.75 Å². The van der Waals surface area contributed by atoms with Crippen LogP contribution in [0.3, 0.4) is 0 Å². The molecule has 2 aliphatic rings. The van der Waals surface area contributed by atoms with Gasteiger partial charge in [0.2, 0.25) is 0 Å². The number of thioether (sulfide) groups is 1. The fourth-order valence-electron chi connectivity index (χ4n) is 3.11. The molecule has 1 unspecified atom stereocenters. The van der Waals surface area contributed by atoms with Crippen LogP contribution in [0.5, 0.6) is 5.75 Å². The van der Waals surface area contributed by atoms with Crippen molar-refractivity contribution in [3.05, 3.63) is 29.8 Å². The van der Waals surface area contributed by atoms with Crippen LogP contribution < -0.4 is 15.4 Å². The van der Waals surface area contributed by atoms with Gasteiger partial charge in [-0.15, -0.1) is 0 Å². The fraction of sp³-hybridized carbons (Fsp3) is 0.611. The molecule has 0 saturated carbocycles. The van der Waals surface area contributed by atoms with Gasteiger partial charge in [0.25, 0.3) is 0 Å². The molecular formula is C18H28N4OS. The summed E-state index contributed by atoms with van der Waals surface area (Å²) in [6.07, 6.45) is 0.963. The van der Waals surface area contributed by atoms with E-state index < -0.39 is 0 Å². The zero-order chi connectivity index (χ0) is 16.6. The topological polar surface area (TPSA) is 48.9 Å². The second-order valence-electron chi connectivity index (χ2n) is 6.09. The highest BCUT2D eigenvalue weighted by molar-refractivity contribution is 7.99. The summed E-state index contributed by atoms with van der Waals surface area (Å²) < 4.78 is 5.75. The Morgan fingerprint density at radius 3 is 3.00 bits per heavy atom. The van der Waals surface area contributed by atoms with Gasteiger partial charge in [0.1, 0.15) is 5.75 Å². The van der Waals surface area contributed by atoms with E-state index in [2.05, 4.69) is 34.6 Å². The highest BCUT2D eigenvalue weighted by Crippen LogP contribution is 2.31. The lowest BCUT2D eigenvalue weighted by atomic mass is 10.0. The van der Waals surface area contributed by atoms with Gasteiger partial charge < -0.3 is 15.4 Å². The lowest BCUT2D eigenvalue weighted by molar-refractivity contribution is 0.261. The quantitative estimate of drug-likeness (QED) is 0.630. The summed E-state index contributed by atoms with van der Waals surface area (Å²) in [5, 5.41) is 6.96. The third-order valence-electron chi connectivity index (χ3n) is 4.40. The van der Waals surface area contributed by atoms with Crippen molar-refractivity contribution in [2.24, 2.45) is 4.99 Å². The maximum absolute atomic E-state index is 5.75. The van der Waals surface area contributed by atoms with Crippen molar-refractivity contribution in [1.29, 1.82) is 0 Å². The molecule has 0 bridgehead atoms. The van der Waals surface area contributed by atoms with E-state index in [0.717, 1.165) is 44.4 Å². The predicted molar refractivity (Wildman–Crippen MR) is 102 cm³/mol. The number of hydrogen-bond donors (Lipinski definition) is 2. The van der Waals surface area contributed by atoms with Crippen LogP contribution in [0, 0.1) is 0 Å². The first-order valence-corrected chi connectivity index (χ1v) is 10.1. The van der Waals surface area contributed by atoms with Gasteiger partial charge in [-0.05, 0) is 13.0 Å². The summed E-state index contributed by atoms with van der Waals surface area (Å²) in [5.74, 6) is 4.40. The molecule has 0 aliphatic carbocycles. The molecule has 2 aliphatic heterocycles. The second kappa shape index (κ2) is 9.18. The van der Waals surface area contributed by atoms with Gasteiger partial charge in [-0.25, -0.2) is 0 Å². The van der Waals surface area contributed by atoms with Crippen LogP contribution in [0.15, 0.2) is 29.3 Å².